The molecule has 0 amide bonds. The van der Waals surface area contributed by atoms with Crippen molar-refractivity contribution < 1.29 is 19.1 Å². The van der Waals surface area contributed by atoms with Gasteiger partial charge in [-0.1, -0.05) is 12.2 Å². The molecule has 2 rings (SSSR count). The second-order valence-corrected chi connectivity index (χ2v) is 3.70. The highest BCUT2D eigenvalue weighted by Crippen LogP contribution is 2.45. The number of hydrogen-bond acceptors (Lipinski definition) is 4. The lowest BCUT2D eigenvalue weighted by molar-refractivity contribution is -0.121. The largest absolute Gasteiger partial charge is 0.381 e. The first-order valence-corrected chi connectivity index (χ1v) is 4.54. The molecule has 2 heterocycles. The summed E-state index contributed by atoms with van der Waals surface area (Å²) in [5.74, 6) is -0.761. The van der Waals surface area contributed by atoms with Crippen LogP contribution in [0.15, 0.2) is 12.2 Å². The van der Waals surface area contributed by atoms with E-state index in [4.69, 9.17) is 9.47 Å². The first-order chi connectivity index (χ1) is 6.77. The molecule has 4 atom stereocenters. The Labute approximate surface area is 81.9 Å². The minimum absolute atomic E-state index is 0.252. The Bertz CT molecular complexity index is 286. The van der Waals surface area contributed by atoms with Gasteiger partial charge in [-0.2, -0.15) is 0 Å². The van der Waals surface area contributed by atoms with Gasteiger partial charge in [0, 0.05) is 7.11 Å². The molecule has 1 fully saturated rings. The Kier molecular flexibility index (Phi) is 2.25. The summed E-state index contributed by atoms with van der Waals surface area (Å²) in [4.78, 5) is 21.7. The monoisotopic (exact) mass is 196 g/mol. The molecule has 2 bridgehead atoms. The normalized spacial score (nSPS) is 44.2. The molecule has 4 heteroatoms. The molecule has 0 aliphatic carbocycles. The molecule has 0 aromatic rings. The second-order valence-electron chi connectivity index (χ2n) is 3.70. The average molecular weight is 196 g/mol. The van der Waals surface area contributed by atoms with Crippen molar-refractivity contribution in [3.63, 3.8) is 0 Å². The SMILES string of the molecule is COCC12C=CC(O1)C(C=O)C2C=O. The number of methoxy groups -OCH3 is 1. The van der Waals surface area contributed by atoms with E-state index in [9.17, 15) is 9.59 Å². The Morgan fingerprint density at radius 3 is 2.86 bits per heavy atom. The van der Waals surface area contributed by atoms with E-state index in [-0.39, 0.29) is 12.0 Å². The molecule has 2 aliphatic heterocycles. The average Bonchev–Trinajstić information content (AvgIpc) is 2.72. The quantitative estimate of drug-likeness (QED) is 0.468. The zero-order valence-corrected chi connectivity index (χ0v) is 7.88. The van der Waals surface area contributed by atoms with Crippen LogP contribution in [0.25, 0.3) is 0 Å². The summed E-state index contributed by atoms with van der Waals surface area (Å²) >= 11 is 0. The van der Waals surface area contributed by atoms with E-state index in [1.54, 1.807) is 7.11 Å². The topological polar surface area (TPSA) is 52.6 Å². The summed E-state index contributed by atoms with van der Waals surface area (Å²) in [7, 11) is 1.55. The van der Waals surface area contributed by atoms with Crippen LogP contribution in [0.5, 0.6) is 0 Å². The lowest BCUT2D eigenvalue weighted by Crippen LogP contribution is -2.40. The van der Waals surface area contributed by atoms with Crippen LogP contribution in [0, 0.1) is 11.8 Å². The van der Waals surface area contributed by atoms with Crippen molar-refractivity contribution in [1.29, 1.82) is 0 Å². The zero-order valence-electron chi connectivity index (χ0n) is 7.88. The maximum absolute atomic E-state index is 10.9. The van der Waals surface area contributed by atoms with Crippen molar-refractivity contribution in [3.05, 3.63) is 12.2 Å². The number of aldehydes is 2. The van der Waals surface area contributed by atoms with E-state index >= 15 is 0 Å². The molecule has 1 saturated heterocycles. The van der Waals surface area contributed by atoms with E-state index in [2.05, 4.69) is 0 Å². The van der Waals surface area contributed by atoms with Crippen LogP contribution < -0.4 is 0 Å². The second kappa shape index (κ2) is 3.29. The minimum atomic E-state index is -0.702. The van der Waals surface area contributed by atoms with Crippen molar-refractivity contribution in [2.75, 3.05) is 13.7 Å². The maximum atomic E-state index is 10.9. The molecule has 76 valence electrons. The number of hydrogen-bond donors (Lipinski definition) is 0. The van der Waals surface area contributed by atoms with Gasteiger partial charge in [-0.05, 0) is 0 Å². The molecule has 2 aliphatic rings. The summed E-state index contributed by atoms with van der Waals surface area (Å²) in [5, 5.41) is 0. The maximum Gasteiger partial charge on any atom is 0.127 e. The minimum Gasteiger partial charge on any atom is -0.381 e. The molecule has 0 saturated carbocycles. The van der Waals surface area contributed by atoms with Gasteiger partial charge in [0.2, 0.25) is 0 Å². The molecule has 0 aromatic heterocycles. The van der Waals surface area contributed by atoms with E-state index in [1.165, 1.54) is 0 Å². The van der Waals surface area contributed by atoms with Crippen molar-refractivity contribution in [2.45, 2.75) is 11.7 Å². The van der Waals surface area contributed by atoms with Gasteiger partial charge >= 0.3 is 0 Å². The van der Waals surface area contributed by atoms with Gasteiger partial charge < -0.3 is 19.1 Å². The first kappa shape index (κ1) is 9.55. The highest BCUT2D eigenvalue weighted by atomic mass is 16.6. The van der Waals surface area contributed by atoms with Gasteiger partial charge in [0.1, 0.15) is 18.2 Å². The number of carbonyl (C=O) groups is 2. The Morgan fingerprint density at radius 1 is 1.50 bits per heavy atom. The lowest BCUT2D eigenvalue weighted by Gasteiger charge is -2.27. The highest BCUT2D eigenvalue weighted by molar-refractivity contribution is 5.70. The summed E-state index contributed by atoms with van der Waals surface area (Å²) in [6.45, 7) is 0.313. The van der Waals surface area contributed by atoms with Gasteiger partial charge in [-0.25, -0.2) is 0 Å². The van der Waals surface area contributed by atoms with Crippen molar-refractivity contribution in [1.82, 2.24) is 0 Å². The van der Waals surface area contributed by atoms with Gasteiger partial charge in [0.25, 0.3) is 0 Å². The molecule has 0 N–H and O–H groups in total. The standard InChI is InChI=1S/C10H12O4/c1-13-6-10-3-2-9(14-10)7(4-11)8(10)5-12/h2-5,7-9H,6H2,1H3. The van der Waals surface area contributed by atoms with E-state index < -0.39 is 11.5 Å². The van der Waals surface area contributed by atoms with E-state index in [0.29, 0.717) is 6.61 Å². The van der Waals surface area contributed by atoms with Crippen LogP contribution in [0.4, 0.5) is 0 Å². The van der Waals surface area contributed by atoms with Gasteiger partial charge in [0.05, 0.1) is 24.5 Å². The van der Waals surface area contributed by atoms with Gasteiger partial charge in [0.15, 0.2) is 0 Å². The smallest absolute Gasteiger partial charge is 0.127 e. The Hall–Kier alpha value is -1.00. The first-order valence-electron chi connectivity index (χ1n) is 4.54. The molecular weight excluding hydrogens is 184 g/mol. The van der Waals surface area contributed by atoms with Crippen molar-refractivity contribution in [3.8, 4) is 0 Å². The highest BCUT2D eigenvalue weighted by Gasteiger charge is 2.56. The summed E-state index contributed by atoms with van der Waals surface area (Å²) in [6, 6.07) is 0. The van der Waals surface area contributed by atoms with Gasteiger partial charge in [-0.15, -0.1) is 0 Å². The van der Waals surface area contributed by atoms with E-state index in [1.807, 2.05) is 12.2 Å². The molecule has 4 unspecified atom stereocenters. The third-order valence-electron chi connectivity index (χ3n) is 2.96. The summed E-state index contributed by atoms with van der Waals surface area (Å²) < 4.78 is 10.6. The summed E-state index contributed by atoms with van der Waals surface area (Å²) in [6.07, 6.45) is 5.00. The third kappa shape index (κ3) is 1.07. The fraction of sp³-hybridized carbons (Fsp3) is 0.600. The fourth-order valence-electron chi connectivity index (χ4n) is 2.29. The molecule has 0 radical (unpaired) electrons. The van der Waals surface area contributed by atoms with Crippen molar-refractivity contribution in [2.24, 2.45) is 11.8 Å². The number of fused-ring (bicyclic) bond motifs is 2. The Balaban J connectivity index is 2.30. The third-order valence-corrected chi connectivity index (χ3v) is 2.96. The van der Waals surface area contributed by atoms with Crippen LogP contribution in [0.1, 0.15) is 0 Å². The van der Waals surface area contributed by atoms with Gasteiger partial charge in [-0.3, -0.25) is 0 Å². The predicted octanol–water partition coefficient (Wildman–Crippen LogP) is -0.0296. The fourth-order valence-corrected chi connectivity index (χ4v) is 2.29. The predicted molar refractivity (Wildman–Crippen MR) is 47.7 cm³/mol. The van der Waals surface area contributed by atoms with Crippen LogP contribution in [-0.4, -0.2) is 38.0 Å². The molecule has 14 heavy (non-hydrogen) atoms. The zero-order chi connectivity index (χ0) is 10.2. The van der Waals surface area contributed by atoms with E-state index in [0.717, 1.165) is 12.6 Å². The molecule has 0 aromatic carbocycles. The molecule has 4 nitrogen and oxygen atoms in total. The van der Waals surface area contributed by atoms with Crippen molar-refractivity contribution >= 4 is 12.6 Å². The Morgan fingerprint density at radius 2 is 2.29 bits per heavy atom. The van der Waals surface area contributed by atoms with Crippen LogP contribution in [0.3, 0.4) is 0 Å². The summed E-state index contributed by atoms with van der Waals surface area (Å²) in [5.41, 5.74) is -0.702. The molecule has 0 spiro atoms. The number of carbonyl (C=O) groups excluding carboxylic acids is 2. The van der Waals surface area contributed by atoms with Crippen LogP contribution >= 0.6 is 0 Å². The number of ether oxygens (including phenoxy) is 2. The van der Waals surface area contributed by atoms with Crippen LogP contribution in [0.2, 0.25) is 0 Å². The number of rotatable bonds is 4. The van der Waals surface area contributed by atoms with Crippen LogP contribution in [-0.2, 0) is 19.1 Å². The lowest BCUT2D eigenvalue weighted by atomic mass is 9.77. The molecular formula is C10H12O4.